The highest BCUT2D eigenvalue weighted by molar-refractivity contribution is 5.82. The second-order valence-electron chi connectivity index (χ2n) is 6.90. The van der Waals surface area contributed by atoms with Gasteiger partial charge in [-0.15, -0.1) is 0 Å². The fourth-order valence-electron chi connectivity index (χ4n) is 3.62. The molecule has 3 rings (SSSR count). The lowest BCUT2D eigenvalue weighted by Crippen LogP contribution is -2.37. The molecule has 3 nitrogen and oxygen atoms in total. The lowest BCUT2D eigenvalue weighted by molar-refractivity contribution is -0.130. The van der Waals surface area contributed by atoms with E-state index in [2.05, 4.69) is 35.8 Å². The standard InChI is InChI=1S/C20H26N2O/c1-16-7-6-8-17(13-16)9-10-19-14-18(20(23)21(19)2)15-22-11-4-3-5-12-22/h6-8,13,18-19H,3-5,11-12,14-15H2,1-2H3. The summed E-state index contributed by atoms with van der Waals surface area (Å²) in [6.45, 7) is 5.27. The third-order valence-electron chi connectivity index (χ3n) is 5.00. The van der Waals surface area contributed by atoms with Gasteiger partial charge in [0.05, 0.1) is 12.0 Å². The number of aryl methyl sites for hydroxylation is 1. The molecule has 0 radical (unpaired) electrons. The molecule has 0 bridgehead atoms. The Balaban J connectivity index is 1.64. The summed E-state index contributed by atoms with van der Waals surface area (Å²) in [6, 6.07) is 8.28. The Labute approximate surface area is 139 Å². The van der Waals surface area contributed by atoms with Crippen LogP contribution in [0.5, 0.6) is 0 Å². The number of hydrogen-bond acceptors (Lipinski definition) is 2. The summed E-state index contributed by atoms with van der Waals surface area (Å²) in [4.78, 5) is 16.8. The van der Waals surface area contributed by atoms with E-state index >= 15 is 0 Å². The van der Waals surface area contributed by atoms with Gasteiger partial charge in [-0.3, -0.25) is 4.79 Å². The van der Waals surface area contributed by atoms with Crippen LogP contribution in [-0.4, -0.2) is 48.4 Å². The Morgan fingerprint density at radius 3 is 2.74 bits per heavy atom. The number of amides is 1. The van der Waals surface area contributed by atoms with Gasteiger partial charge in [0.2, 0.25) is 5.91 Å². The Hall–Kier alpha value is -1.79. The minimum Gasteiger partial charge on any atom is -0.332 e. The van der Waals surface area contributed by atoms with Gasteiger partial charge in [-0.2, -0.15) is 0 Å². The lowest BCUT2D eigenvalue weighted by Gasteiger charge is -2.28. The molecule has 1 amide bonds. The molecule has 1 aromatic carbocycles. The van der Waals surface area contributed by atoms with Crippen molar-refractivity contribution in [2.45, 2.75) is 38.6 Å². The fraction of sp³-hybridized carbons (Fsp3) is 0.550. The van der Waals surface area contributed by atoms with E-state index in [0.29, 0.717) is 0 Å². The highest BCUT2D eigenvalue weighted by Crippen LogP contribution is 2.25. The largest absolute Gasteiger partial charge is 0.332 e. The minimum atomic E-state index is 0.0535. The minimum absolute atomic E-state index is 0.0535. The van der Waals surface area contributed by atoms with Crippen molar-refractivity contribution in [3.8, 4) is 11.8 Å². The molecule has 23 heavy (non-hydrogen) atoms. The predicted octanol–water partition coefficient (Wildman–Crippen LogP) is 2.68. The van der Waals surface area contributed by atoms with Crippen LogP contribution in [0.15, 0.2) is 24.3 Å². The fourth-order valence-corrected chi connectivity index (χ4v) is 3.62. The Morgan fingerprint density at radius 2 is 2.00 bits per heavy atom. The third-order valence-corrected chi connectivity index (χ3v) is 5.00. The van der Waals surface area contributed by atoms with E-state index in [0.717, 1.165) is 31.6 Å². The highest BCUT2D eigenvalue weighted by atomic mass is 16.2. The van der Waals surface area contributed by atoms with Crippen LogP contribution in [0.25, 0.3) is 0 Å². The summed E-state index contributed by atoms with van der Waals surface area (Å²) in [7, 11) is 1.90. The number of nitrogens with zero attached hydrogens (tertiary/aromatic N) is 2. The zero-order valence-electron chi connectivity index (χ0n) is 14.2. The summed E-state index contributed by atoms with van der Waals surface area (Å²) < 4.78 is 0. The molecule has 0 spiro atoms. The van der Waals surface area contributed by atoms with Gasteiger partial charge in [0, 0.05) is 19.2 Å². The second-order valence-corrected chi connectivity index (χ2v) is 6.90. The number of rotatable bonds is 2. The second kappa shape index (κ2) is 7.19. The van der Waals surface area contributed by atoms with Crippen LogP contribution in [0.1, 0.15) is 36.8 Å². The topological polar surface area (TPSA) is 23.6 Å². The Kier molecular flexibility index (Phi) is 5.03. The van der Waals surface area contributed by atoms with E-state index in [1.54, 1.807) is 0 Å². The zero-order valence-corrected chi connectivity index (χ0v) is 14.2. The summed E-state index contributed by atoms with van der Waals surface area (Å²) in [6.07, 6.45) is 4.74. The Bertz CT molecular complexity index is 622. The molecular formula is C20H26N2O. The number of hydrogen-bond donors (Lipinski definition) is 0. The maximum absolute atomic E-state index is 12.5. The van der Waals surface area contributed by atoms with Gasteiger partial charge in [-0.05, 0) is 57.0 Å². The monoisotopic (exact) mass is 310 g/mol. The van der Waals surface area contributed by atoms with E-state index in [9.17, 15) is 4.79 Å². The average molecular weight is 310 g/mol. The van der Waals surface area contributed by atoms with Gasteiger partial charge < -0.3 is 9.80 Å². The molecule has 2 atom stereocenters. The average Bonchev–Trinajstić information content (AvgIpc) is 2.82. The number of piperidine rings is 1. The molecule has 3 heteroatoms. The summed E-state index contributed by atoms with van der Waals surface area (Å²) >= 11 is 0. The zero-order chi connectivity index (χ0) is 16.2. The van der Waals surface area contributed by atoms with Gasteiger partial charge >= 0.3 is 0 Å². The molecule has 2 fully saturated rings. The molecule has 0 aromatic heterocycles. The molecule has 122 valence electrons. The van der Waals surface area contributed by atoms with Crippen molar-refractivity contribution in [1.82, 2.24) is 9.80 Å². The van der Waals surface area contributed by atoms with Crippen LogP contribution < -0.4 is 0 Å². The van der Waals surface area contributed by atoms with Crippen LogP contribution in [0.4, 0.5) is 0 Å². The summed E-state index contributed by atoms with van der Waals surface area (Å²) in [5.41, 5.74) is 2.25. The van der Waals surface area contributed by atoms with E-state index in [4.69, 9.17) is 0 Å². The van der Waals surface area contributed by atoms with Crippen molar-refractivity contribution in [1.29, 1.82) is 0 Å². The maximum atomic E-state index is 12.5. The first kappa shape index (κ1) is 16.1. The normalized spacial score (nSPS) is 25.3. The van der Waals surface area contributed by atoms with Crippen LogP contribution >= 0.6 is 0 Å². The van der Waals surface area contributed by atoms with Crippen LogP contribution in [0, 0.1) is 24.7 Å². The van der Waals surface area contributed by atoms with Gasteiger partial charge in [-0.1, -0.05) is 30.4 Å². The van der Waals surface area contributed by atoms with Crippen molar-refractivity contribution in [2.24, 2.45) is 5.92 Å². The van der Waals surface area contributed by atoms with Crippen LogP contribution in [-0.2, 0) is 4.79 Å². The Morgan fingerprint density at radius 1 is 1.22 bits per heavy atom. The van der Waals surface area contributed by atoms with Gasteiger partial charge in [0.1, 0.15) is 0 Å². The first-order chi connectivity index (χ1) is 11.1. The molecule has 2 saturated heterocycles. The lowest BCUT2D eigenvalue weighted by atomic mass is 10.0. The smallest absolute Gasteiger partial charge is 0.227 e. The van der Waals surface area contributed by atoms with E-state index < -0.39 is 0 Å². The maximum Gasteiger partial charge on any atom is 0.227 e. The molecule has 0 N–H and O–H groups in total. The molecule has 2 aliphatic heterocycles. The van der Waals surface area contributed by atoms with Gasteiger partial charge in [0.25, 0.3) is 0 Å². The van der Waals surface area contributed by atoms with Gasteiger partial charge in [-0.25, -0.2) is 0 Å². The summed E-state index contributed by atoms with van der Waals surface area (Å²) in [5.74, 6) is 6.94. The van der Waals surface area contributed by atoms with Crippen molar-refractivity contribution in [3.05, 3.63) is 35.4 Å². The van der Waals surface area contributed by atoms with E-state index in [1.165, 1.54) is 24.8 Å². The number of carbonyl (C=O) groups excluding carboxylic acids is 1. The molecule has 0 saturated carbocycles. The number of benzene rings is 1. The molecule has 1 aromatic rings. The summed E-state index contributed by atoms with van der Waals surface area (Å²) in [5, 5.41) is 0. The van der Waals surface area contributed by atoms with Gasteiger partial charge in [0.15, 0.2) is 0 Å². The third kappa shape index (κ3) is 3.95. The molecular weight excluding hydrogens is 284 g/mol. The molecule has 0 aliphatic carbocycles. The first-order valence-electron chi connectivity index (χ1n) is 8.71. The van der Waals surface area contributed by atoms with Crippen molar-refractivity contribution in [2.75, 3.05) is 26.7 Å². The van der Waals surface area contributed by atoms with Crippen molar-refractivity contribution >= 4 is 5.91 Å². The molecule has 2 unspecified atom stereocenters. The molecule has 2 heterocycles. The first-order valence-corrected chi connectivity index (χ1v) is 8.71. The molecule has 2 aliphatic rings. The van der Waals surface area contributed by atoms with E-state index in [1.807, 2.05) is 24.1 Å². The SMILES string of the molecule is Cc1cccc(C#CC2CC(CN3CCCCC3)C(=O)N2C)c1. The van der Waals surface area contributed by atoms with Crippen molar-refractivity contribution in [3.63, 3.8) is 0 Å². The number of carbonyl (C=O) groups is 1. The van der Waals surface area contributed by atoms with Crippen LogP contribution in [0.3, 0.4) is 0 Å². The van der Waals surface area contributed by atoms with Crippen LogP contribution in [0.2, 0.25) is 0 Å². The quantitative estimate of drug-likeness (QED) is 0.784. The number of likely N-dealkylation sites (tertiary alicyclic amines) is 2. The predicted molar refractivity (Wildman–Crippen MR) is 93.0 cm³/mol. The highest BCUT2D eigenvalue weighted by Gasteiger charge is 2.37. The van der Waals surface area contributed by atoms with E-state index in [-0.39, 0.29) is 17.9 Å². The van der Waals surface area contributed by atoms with Crippen molar-refractivity contribution < 1.29 is 4.79 Å².